The molecule has 0 aliphatic carbocycles. The molecule has 122 valence electrons. The number of ether oxygens (including phenoxy) is 1. The molecule has 6 nitrogen and oxygen atoms in total. The van der Waals surface area contributed by atoms with Gasteiger partial charge in [0.1, 0.15) is 6.04 Å². The van der Waals surface area contributed by atoms with Gasteiger partial charge in [0.25, 0.3) is 5.91 Å². The Morgan fingerprint density at radius 3 is 2.32 bits per heavy atom. The quantitative estimate of drug-likeness (QED) is 0.505. The number of amides is 2. The minimum atomic E-state index is -0.704. The Kier molecular flexibility index (Phi) is 7.08. The lowest BCUT2D eigenvalue weighted by Gasteiger charge is -2.29. The third kappa shape index (κ3) is 6.18. The molecule has 3 N–H and O–H groups in total. The van der Waals surface area contributed by atoms with Gasteiger partial charge in [-0.3, -0.25) is 10.2 Å². The maximum atomic E-state index is 12.2. The van der Waals surface area contributed by atoms with Gasteiger partial charge >= 0.3 is 6.09 Å². The number of rotatable bonds is 5. The van der Waals surface area contributed by atoms with Crippen molar-refractivity contribution in [2.45, 2.75) is 33.4 Å². The molecule has 22 heavy (non-hydrogen) atoms. The van der Waals surface area contributed by atoms with E-state index >= 15 is 0 Å². The molecule has 0 fully saturated rings. The third-order valence-corrected chi connectivity index (χ3v) is 3.71. The van der Waals surface area contributed by atoms with Gasteiger partial charge < -0.3 is 10.1 Å². The van der Waals surface area contributed by atoms with Crippen LogP contribution in [0.3, 0.4) is 0 Å². The van der Waals surface area contributed by atoms with Crippen molar-refractivity contribution in [2.75, 3.05) is 7.11 Å². The molecule has 2 amide bonds. The Balaban J connectivity index is 2.56. The topological polar surface area (TPSA) is 79.5 Å². The van der Waals surface area contributed by atoms with Gasteiger partial charge in [-0.15, -0.1) is 0 Å². The minimum absolute atomic E-state index is 0.316. The van der Waals surface area contributed by atoms with Gasteiger partial charge in [0.2, 0.25) is 0 Å². The summed E-state index contributed by atoms with van der Waals surface area (Å²) in [5.41, 5.74) is 6.10. The van der Waals surface area contributed by atoms with Crippen molar-refractivity contribution in [3.05, 3.63) is 33.4 Å². The number of benzene rings is 1. The normalized spacial score (nSPS) is 12.4. The zero-order valence-corrected chi connectivity index (χ0v) is 15.4. The van der Waals surface area contributed by atoms with E-state index in [0.717, 1.165) is 9.13 Å². The number of alkyl carbamates (subject to hydrolysis) is 1. The van der Waals surface area contributed by atoms with E-state index in [2.05, 4.69) is 43.5 Å². The maximum absolute atomic E-state index is 12.2. The molecular formula is C15H22IN3O3. The Bertz CT molecular complexity index is 512. The zero-order valence-electron chi connectivity index (χ0n) is 13.2. The lowest BCUT2D eigenvalue weighted by molar-refractivity contribution is -0.126. The van der Waals surface area contributed by atoms with E-state index in [9.17, 15) is 9.59 Å². The van der Waals surface area contributed by atoms with E-state index in [0.29, 0.717) is 6.54 Å². The van der Waals surface area contributed by atoms with Gasteiger partial charge in [-0.2, -0.15) is 0 Å². The number of hydrogen-bond acceptors (Lipinski definition) is 4. The fourth-order valence-electron chi connectivity index (χ4n) is 1.76. The number of halogens is 1. The van der Waals surface area contributed by atoms with Gasteiger partial charge in [0.05, 0.1) is 7.11 Å². The molecule has 0 aromatic heterocycles. The summed E-state index contributed by atoms with van der Waals surface area (Å²) in [6.07, 6.45) is -0.632. The van der Waals surface area contributed by atoms with Crippen molar-refractivity contribution in [2.24, 2.45) is 5.41 Å². The van der Waals surface area contributed by atoms with Crippen molar-refractivity contribution >= 4 is 34.6 Å². The Hall–Kier alpha value is -1.35. The minimum Gasteiger partial charge on any atom is -0.453 e. The van der Waals surface area contributed by atoms with Crippen LogP contribution in [0.15, 0.2) is 24.3 Å². The Morgan fingerprint density at radius 2 is 1.82 bits per heavy atom. The van der Waals surface area contributed by atoms with E-state index in [4.69, 9.17) is 0 Å². The average molecular weight is 419 g/mol. The van der Waals surface area contributed by atoms with E-state index in [-0.39, 0.29) is 5.91 Å². The lowest BCUT2D eigenvalue weighted by Crippen LogP contribution is -2.56. The third-order valence-electron chi connectivity index (χ3n) is 2.99. The molecule has 0 saturated carbocycles. The molecule has 7 heteroatoms. The fraction of sp³-hybridized carbons (Fsp3) is 0.467. The number of carbonyl (C=O) groups excluding carboxylic acids is 2. The van der Waals surface area contributed by atoms with Crippen LogP contribution in [0.25, 0.3) is 0 Å². The molecule has 0 heterocycles. The van der Waals surface area contributed by atoms with Crippen LogP contribution in [-0.4, -0.2) is 25.2 Å². The molecule has 0 aliphatic rings. The van der Waals surface area contributed by atoms with Crippen LogP contribution in [0.1, 0.15) is 26.3 Å². The first kappa shape index (κ1) is 18.7. The van der Waals surface area contributed by atoms with Crippen LogP contribution in [0.4, 0.5) is 4.79 Å². The number of carbonyl (C=O) groups is 2. The van der Waals surface area contributed by atoms with Crippen LogP contribution < -0.4 is 16.2 Å². The second kappa shape index (κ2) is 8.33. The summed E-state index contributed by atoms with van der Waals surface area (Å²) in [6.45, 7) is 6.10. The summed E-state index contributed by atoms with van der Waals surface area (Å²) in [6, 6.07) is 7.25. The number of hydrogen-bond donors (Lipinski definition) is 3. The predicted molar refractivity (Wildman–Crippen MR) is 92.9 cm³/mol. The first-order valence-electron chi connectivity index (χ1n) is 6.85. The molecular weight excluding hydrogens is 397 g/mol. The summed E-state index contributed by atoms with van der Waals surface area (Å²) in [4.78, 5) is 23.6. The highest BCUT2D eigenvalue weighted by molar-refractivity contribution is 14.1. The van der Waals surface area contributed by atoms with Crippen molar-refractivity contribution in [1.29, 1.82) is 0 Å². The van der Waals surface area contributed by atoms with Gasteiger partial charge in [-0.25, -0.2) is 10.2 Å². The summed E-state index contributed by atoms with van der Waals surface area (Å²) in [5.74, 6) is -0.316. The summed E-state index contributed by atoms with van der Waals surface area (Å²) >= 11 is 2.23. The summed E-state index contributed by atoms with van der Waals surface area (Å²) in [7, 11) is 1.27. The molecule has 1 unspecified atom stereocenters. The molecule has 1 aromatic rings. The summed E-state index contributed by atoms with van der Waals surface area (Å²) < 4.78 is 5.71. The monoisotopic (exact) mass is 419 g/mol. The highest BCUT2D eigenvalue weighted by Gasteiger charge is 2.33. The lowest BCUT2D eigenvalue weighted by atomic mass is 9.86. The highest BCUT2D eigenvalue weighted by Crippen LogP contribution is 2.19. The fourth-order valence-corrected chi connectivity index (χ4v) is 2.12. The highest BCUT2D eigenvalue weighted by atomic mass is 127. The van der Waals surface area contributed by atoms with E-state index in [1.54, 1.807) is 0 Å². The molecule has 0 spiro atoms. The summed E-state index contributed by atoms with van der Waals surface area (Å²) in [5, 5.41) is 2.55. The average Bonchev–Trinajstić information content (AvgIpc) is 2.45. The molecule has 1 rings (SSSR count). The van der Waals surface area contributed by atoms with Gasteiger partial charge in [0, 0.05) is 10.1 Å². The molecule has 1 atom stereocenters. The first-order chi connectivity index (χ1) is 10.2. The second-order valence-corrected chi connectivity index (χ2v) is 7.15. The zero-order chi connectivity index (χ0) is 16.8. The van der Waals surface area contributed by atoms with E-state index in [1.165, 1.54) is 7.11 Å². The second-order valence-electron chi connectivity index (χ2n) is 5.90. The van der Waals surface area contributed by atoms with Crippen LogP contribution >= 0.6 is 22.6 Å². The predicted octanol–water partition coefficient (Wildman–Crippen LogP) is 2.18. The molecule has 0 bridgehead atoms. The van der Waals surface area contributed by atoms with Crippen molar-refractivity contribution in [3.63, 3.8) is 0 Å². The van der Waals surface area contributed by atoms with Crippen LogP contribution in [0.2, 0.25) is 0 Å². The SMILES string of the molecule is COC(=O)NC(C(=O)NNCc1ccc(I)cc1)C(C)(C)C. The van der Waals surface area contributed by atoms with E-state index < -0.39 is 17.6 Å². The number of methoxy groups -OCH3 is 1. The van der Waals surface area contributed by atoms with Gasteiger partial charge in [-0.1, -0.05) is 32.9 Å². The number of nitrogens with one attached hydrogen (secondary N) is 3. The van der Waals surface area contributed by atoms with Gasteiger partial charge in [0.15, 0.2) is 0 Å². The maximum Gasteiger partial charge on any atom is 0.407 e. The Morgan fingerprint density at radius 1 is 1.23 bits per heavy atom. The first-order valence-corrected chi connectivity index (χ1v) is 7.93. The molecule has 0 radical (unpaired) electrons. The van der Waals surface area contributed by atoms with Crippen molar-refractivity contribution < 1.29 is 14.3 Å². The molecule has 0 aliphatic heterocycles. The molecule has 1 aromatic carbocycles. The van der Waals surface area contributed by atoms with Crippen LogP contribution in [-0.2, 0) is 16.1 Å². The Labute approximate surface area is 144 Å². The van der Waals surface area contributed by atoms with Gasteiger partial charge in [-0.05, 0) is 45.7 Å². The molecule has 0 saturated heterocycles. The largest absolute Gasteiger partial charge is 0.453 e. The standard InChI is InChI=1S/C15H22IN3O3/c1-15(2,3)12(18-14(21)22-4)13(20)19-17-9-10-5-7-11(16)8-6-10/h5-8,12,17H,9H2,1-4H3,(H,18,21)(H,19,20). The number of hydrazine groups is 1. The van der Waals surface area contributed by atoms with Crippen molar-refractivity contribution in [3.8, 4) is 0 Å². The van der Waals surface area contributed by atoms with E-state index in [1.807, 2.05) is 45.0 Å². The smallest absolute Gasteiger partial charge is 0.407 e. The van der Waals surface area contributed by atoms with Crippen LogP contribution in [0.5, 0.6) is 0 Å². The van der Waals surface area contributed by atoms with Crippen molar-refractivity contribution in [1.82, 2.24) is 16.2 Å². The van der Waals surface area contributed by atoms with Crippen LogP contribution in [0, 0.1) is 8.99 Å².